The van der Waals surface area contributed by atoms with E-state index < -0.39 is 0 Å². The van der Waals surface area contributed by atoms with Crippen LogP contribution in [0.1, 0.15) is 20.3 Å². The molecule has 2 atom stereocenters. The molecular weight excluding hydrogens is 180 g/mol. The van der Waals surface area contributed by atoms with Gasteiger partial charge in [-0.2, -0.15) is 0 Å². The Hall–Kier alpha value is -1.09. The van der Waals surface area contributed by atoms with Crippen LogP contribution in [-0.2, 0) is 14.3 Å². The SMILES string of the molecule is CCOC(=O)CC12C=CC(C)=CC1O2. The topological polar surface area (TPSA) is 38.8 Å². The molecular formula is C11H14O3. The summed E-state index contributed by atoms with van der Waals surface area (Å²) in [6.07, 6.45) is 6.40. The molecule has 1 saturated heterocycles. The lowest BCUT2D eigenvalue weighted by atomic mass is 9.94. The Balaban J connectivity index is 1.96. The van der Waals surface area contributed by atoms with Gasteiger partial charge >= 0.3 is 5.97 Å². The number of fused-ring (bicyclic) bond motifs is 1. The minimum Gasteiger partial charge on any atom is -0.466 e. The molecule has 0 radical (unpaired) electrons. The molecule has 0 aromatic carbocycles. The van der Waals surface area contributed by atoms with Gasteiger partial charge in [0.25, 0.3) is 0 Å². The molecule has 1 aliphatic carbocycles. The third kappa shape index (κ3) is 1.60. The summed E-state index contributed by atoms with van der Waals surface area (Å²) in [5.41, 5.74) is 0.804. The monoisotopic (exact) mass is 194 g/mol. The van der Waals surface area contributed by atoms with Gasteiger partial charge in [-0.3, -0.25) is 4.79 Å². The Morgan fingerprint density at radius 1 is 1.71 bits per heavy atom. The summed E-state index contributed by atoms with van der Waals surface area (Å²) >= 11 is 0. The highest BCUT2D eigenvalue weighted by Crippen LogP contribution is 2.45. The molecule has 2 aliphatic rings. The zero-order valence-corrected chi connectivity index (χ0v) is 8.45. The summed E-state index contributed by atoms with van der Waals surface area (Å²) in [5, 5.41) is 0. The summed E-state index contributed by atoms with van der Waals surface area (Å²) < 4.78 is 10.4. The number of esters is 1. The fourth-order valence-corrected chi connectivity index (χ4v) is 1.72. The number of carbonyl (C=O) groups excluding carboxylic acids is 1. The Labute approximate surface area is 83.4 Å². The molecule has 0 saturated carbocycles. The second-order valence-electron chi connectivity index (χ2n) is 3.72. The van der Waals surface area contributed by atoms with Gasteiger partial charge < -0.3 is 9.47 Å². The van der Waals surface area contributed by atoms with Crippen molar-refractivity contribution in [3.05, 3.63) is 23.8 Å². The molecule has 1 heterocycles. The first-order valence-electron chi connectivity index (χ1n) is 4.87. The Morgan fingerprint density at radius 3 is 3.14 bits per heavy atom. The molecule has 0 aromatic heterocycles. The van der Waals surface area contributed by atoms with Gasteiger partial charge in [-0.25, -0.2) is 0 Å². The van der Waals surface area contributed by atoms with Gasteiger partial charge in [0, 0.05) is 0 Å². The van der Waals surface area contributed by atoms with Crippen LogP contribution in [0.2, 0.25) is 0 Å². The summed E-state index contributed by atoms with van der Waals surface area (Å²) in [4.78, 5) is 11.3. The quantitative estimate of drug-likeness (QED) is 0.506. The van der Waals surface area contributed by atoms with Crippen LogP contribution >= 0.6 is 0 Å². The van der Waals surface area contributed by atoms with Gasteiger partial charge in [0.05, 0.1) is 13.0 Å². The Morgan fingerprint density at radius 2 is 2.50 bits per heavy atom. The van der Waals surface area contributed by atoms with Crippen LogP contribution in [0.15, 0.2) is 23.8 Å². The third-order valence-corrected chi connectivity index (χ3v) is 2.54. The number of hydrogen-bond acceptors (Lipinski definition) is 3. The van der Waals surface area contributed by atoms with E-state index >= 15 is 0 Å². The minimum atomic E-state index is -0.383. The second-order valence-corrected chi connectivity index (χ2v) is 3.72. The number of hydrogen-bond donors (Lipinski definition) is 0. The van der Waals surface area contributed by atoms with Crippen molar-refractivity contribution in [2.24, 2.45) is 0 Å². The highest BCUT2D eigenvalue weighted by atomic mass is 16.6. The summed E-state index contributed by atoms with van der Waals surface area (Å²) in [5.74, 6) is -0.187. The standard InChI is InChI=1S/C11H14O3/c1-3-13-10(12)7-11-5-4-8(2)6-9(11)14-11/h4-6,9H,3,7H2,1-2H3. The molecule has 0 aromatic rings. The van der Waals surface area contributed by atoms with Crippen molar-refractivity contribution in [3.63, 3.8) is 0 Å². The van der Waals surface area contributed by atoms with E-state index in [9.17, 15) is 4.79 Å². The van der Waals surface area contributed by atoms with Crippen LogP contribution < -0.4 is 0 Å². The van der Waals surface area contributed by atoms with Crippen LogP contribution in [0.25, 0.3) is 0 Å². The second kappa shape index (κ2) is 3.24. The van der Waals surface area contributed by atoms with E-state index in [0.29, 0.717) is 13.0 Å². The van der Waals surface area contributed by atoms with Gasteiger partial charge in [0.15, 0.2) is 0 Å². The van der Waals surface area contributed by atoms with E-state index in [1.165, 1.54) is 5.57 Å². The average Bonchev–Trinajstić information content (AvgIpc) is 2.78. The molecule has 0 bridgehead atoms. The first-order chi connectivity index (χ1) is 6.66. The van der Waals surface area contributed by atoms with Crippen molar-refractivity contribution < 1.29 is 14.3 Å². The first-order valence-corrected chi connectivity index (χ1v) is 4.87. The van der Waals surface area contributed by atoms with Crippen LogP contribution in [0.3, 0.4) is 0 Å². The molecule has 0 spiro atoms. The number of epoxide rings is 1. The van der Waals surface area contributed by atoms with Crippen molar-refractivity contribution >= 4 is 5.97 Å². The van der Waals surface area contributed by atoms with Crippen LogP contribution in [0.5, 0.6) is 0 Å². The van der Waals surface area contributed by atoms with E-state index in [4.69, 9.17) is 9.47 Å². The predicted octanol–water partition coefficient (Wildman–Crippen LogP) is 1.59. The molecule has 76 valence electrons. The highest BCUT2D eigenvalue weighted by Gasteiger charge is 2.55. The highest BCUT2D eigenvalue weighted by molar-refractivity contribution is 5.72. The van der Waals surface area contributed by atoms with Gasteiger partial charge in [0.1, 0.15) is 11.7 Å². The Bertz CT molecular complexity index is 316. The molecule has 2 rings (SSSR count). The molecule has 1 aliphatic heterocycles. The predicted molar refractivity (Wildman–Crippen MR) is 51.8 cm³/mol. The Kier molecular flexibility index (Phi) is 2.19. The lowest BCUT2D eigenvalue weighted by Crippen LogP contribution is -2.20. The molecule has 0 amide bonds. The fraction of sp³-hybridized carbons (Fsp3) is 0.545. The number of carbonyl (C=O) groups is 1. The van der Waals surface area contributed by atoms with Crippen molar-refractivity contribution in [3.8, 4) is 0 Å². The largest absolute Gasteiger partial charge is 0.466 e. The number of ether oxygens (including phenoxy) is 2. The summed E-state index contributed by atoms with van der Waals surface area (Å²) in [6.45, 7) is 4.26. The maximum atomic E-state index is 11.3. The van der Waals surface area contributed by atoms with Crippen molar-refractivity contribution in [2.45, 2.75) is 32.0 Å². The number of rotatable bonds is 3. The van der Waals surface area contributed by atoms with Crippen molar-refractivity contribution in [1.29, 1.82) is 0 Å². The average molecular weight is 194 g/mol. The summed E-state index contributed by atoms with van der Waals surface area (Å²) in [6, 6.07) is 0. The molecule has 0 N–H and O–H groups in total. The van der Waals surface area contributed by atoms with Crippen LogP contribution in [-0.4, -0.2) is 24.3 Å². The molecule has 3 heteroatoms. The van der Waals surface area contributed by atoms with Gasteiger partial charge in [-0.15, -0.1) is 0 Å². The van der Waals surface area contributed by atoms with Crippen LogP contribution in [0.4, 0.5) is 0 Å². The van der Waals surface area contributed by atoms with Gasteiger partial charge in [-0.1, -0.05) is 11.6 Å². The van der Waals surface area contributed by atoms with E-state index in [2.05, 4.69) is 0 Å². The lowest BCUT2D eigenvalue weighted by Gasteiger charge is -2.09. The zero-order valence-electron chi connectivity index (χ0n) is 8.45. The van der Waals surface area contributed by atoms with Gasteiger partial charge in [0.2, 0.25) is 0 Å². The normalized spacial score (nSPS) is 33.3. The van der Waals surface area contributed by atoms with E-state index in [0.717, 1.165) is 0 Å². The fourth-order valence-electron chi connectivity index (χ4n) is 1.72. The maximum Gasteiger partial charge on any atom is 0.309 e. The van der Waals surface area contributed by atoms with Gasteiger partial charge in [-0.05, 0) is 26.0 Å². The summed E-state index contributed by atoms with van der Waals surface area (Å²) in [7, 11) is 0. The molecule has 3 nitrogen and oxygen atoms in total. The van der Waals surface area contributed by atoms with E-state index in [-0.39, 0.29) is 17.7 Å². The maximum absolute atomic E-state index is 11.3. The molecule has 14 heavy (non-hydrogen) atoms. The first kappa shape index (κ1) is 9.46. The third-order valence-electron chi connectivity index (χ3n) is 2.54. The molecule has 1 fully saturated rings. The lowest BCUT2D eigenvalue weighted by molar-refractivity contribution is -0.144. The van der Waals surface area contributed by atoms with E-state index in [1.54, 1.807) is 0 Å². The minimum absolute atomic E-state index is 0.0805. The number of allylic oxidation sites excluding steroid dienone is 2. The molecule has 2 unspecified atom stereocenters. The van der Waals surface area contributed by atoms with Crippen molar-refractivity contribution in [1.82, 2.24) is 0 Å². The zero-order chi connectivity index (χ0) is 10.2. The van der Waals surface area contributed by atoms with Crippen LogP contribution in [0, 0.1) is 0 Å². The van der Waals surface area contributed by atoms with Crippen molar-refractivity contribution in [2.75, 3.05) is 6.61 Å². The smallest absolute Gasteiger partial charge is 0.309 e. The van der Waals surface area contributed by atoms with E-state index in [1.807, 2.05) is 32.1 Å².